The Kier molecular flexibility index (Phi) is 8.56. The molecular weight excluding hydrogens is 524 g/mol. The molecule has 3 aromatic heterocycles. The number of H-pyrrole nitrogens is 1. The average Bonchev–Trinajstić information content (AvgIpc) is 3.69. The first kappa shape index (κ1) is 27.1. The minimum Gasteiger partial charge on any atom is -0.472 e. The van der Waals surface area contributed by atoms with Crippen LogP contribution in [0.4, 0.5) is 0 Å². The van der Waals surface area contributed by atoms with Gasteiger partial charge in [0.2, 0.25) is 5.88 Å². The fourth-order valence-corrected chi connectivity index (χ4v) is 5.35. The van der Waals surface area contributed by atoms with Crippen LogP contribution in [0, 0.1) is 6.92 Å². The van der Waals surface area contributed by atoms with Gasteiger partial charge < -0.3 is 9.47 Å². The summed E-state index contributed by atoms with van der Waals surface area (Å²) in [7, 11) is 1.38. The number of rotatable bonds is 11. The number of methoxy groups -OCH3 is 1. The predicted octanol–water partition coefficient (Wildman–Crippen LogP) is 5.99. The smallest absolute Gasteiger partial charge is 0.339 e. The van der Waals surface area contributed by atoms with Crippen LogP contribution in [0.15, 0.2) is 60.0 Å². The van der Waals surface area contributed by atoms with Crippen LogP contribution in [-0.4, -0.2) is 43.7 Å². The molecule has 2 aromatic carbocycles. The number of carbonyl (C=O) groups excluding carboxylic acids is 1. The van der Waals surface area contributed by atoms with Crippen LogP contribution >= 0.6 is 11.3 Å². The van der Waals surface area contributed by atoms with E-state index in [2.05, 4.69) is 62.9 Å². The summed E-state index contributed by atoms with van der Waals surface area (Å²) in [6.07, 6.45) is 3.54. The second kappa shape index (κ2) is 12.6. The number of hydrogen-bond donors (Lipinski definition) is 1. The molecule has 3 heterocycles. The molecule has 0 bridgehead atoms. The van der Waals surface area contributed by atoms with Crippen molar-refractivity contribution in [2.24, 2.45) is 0 Å². The fraction of sp³-hybridized carbons (Fsp3) is 0.267. The van der Waals surface area contributed by atoms with Gasteiger partial charge in [-0.15, -0.1) is 16.4 Å². The Morgan fingerprint density at radius 2 is 1.82 bits per heavy atom. The monoisotopic (exact) mass is 554 g/mol. The van der Waals surface area contributed by atoms with Crippen molar-refractivity contribution < 1.29 is 14.3 Å². The summed E-state index contributed by atoms with van der Waals surface area (Å²) in [5.74, 6) is 1.47. The highest BCUT2D eigenvalue weighted by Crippen LogP contribution is 2.31. The van der Waals surface area contributed by atoms with Crippen molar-refractivity contribution in [2.75, 3.05) is 7.11 Å². The molecule has 5 aromatic rings. The summed E-state index contributed by atoms with van der Waals surface area (Å²) in [5.41, 5.74) is 6.63. The molecule has 0 saturated carbocycles. The number of carbonyl (C=O) groups is 1. The minimum atomic E-state index is -0.371. The third-order valence-electron chi connectivity index (χ3n) is 6.60. The second-order valence-corrected chi connectivity index (χ2v) is 10.3. The van der Waals surface area contributed by atoms with Gasteiger partial charge in [-0.1, -0.05) is 61.9 Å². The van der Waals surface area contributed by atoms with E-state index in [0.29, 0.717) is 29.5 Å². The summed E-state index contributed by atoms with van der Waals surface area (Å²) >= 11 is 1.46. The molecule has 0 unspecified atom stereocenters. The molecule has 0 saturated heterocycles. The third kappa shape index (κ3) is 6.07. The van der Waals surface area contributed by atoms with Gasteiger partial charge in [-0.05, 0) is 58.3 Å². The molecule has 0 spiro atoms. The molecule has 0 aliphatic carbocycles. The van der Waals surface area contributed by atoms with Gasteiger partial charge in [0, 0.05) is 17.5 Å². The van der Waals surface area contributed by atoms with Gasteiger partial charge in [-0.3, -0.25) is 0 Å². The van der Waals surface area contributed by atoms with E-state index in [1.165, 1.54) is 18.4 Å². The lowest BCUT2D eigenvalue weighted by Crippen LogP contribution is -2.10. The zero-order valence-electron chi connectivity index (χ0n) is 22.7. The molecular formula is C30H30N6O3S. The van der Waals surface area contributed by atoms with Gasteiger partial charge in [0.25, 0.3) is 0 Å². The van der Waals surface area contributed by atoms with E-state index in [4.69, 9.17) is 14.5 Å². The number of benzene rings is 2. The zero-order chi connectivity index (χ0) is 27.9. The standard InChI is InChI=1S/C30H30N6O3S/c1-4-5-10-26-25(29(32-19(2)31-26)39-18-27-24(15-16-40-27)30(37)38-3)17-20-11-13-21(14-12-20)22-8-6-7-9-23(22)28-33-35-36-34-28/h6-9,11-16H,4-5,10,17-18H2,1-3H3,(H,33,34,35,36). The maximum absolute atomic E-state index is 12.2. The van der Waals surface area contributed by atoms with Crippen LogP contribution in [-0.2, 0) is 24.2 Å². The summed E-state index contributed by atoms with van der Waals surface area (Å²) in [6, 6.07) is 18.2. The van der Waals surface area contributed by atoms with E-state index in [-0.39, 0.29) is 12.6 Å². The van der Waals surface area contributed by atoms with Crippen molar-refractivity contribution in [2.45, 2.75) is 46.1 Å². The highest BCUT2D eigenvalue weighted by molar-refractivity contribution is 7.10. The maximum Gasteiger partial charge on any atom is 0.339 e. The van der Waals surface area contributed by atoms with Crippen LogP contribution in [0.1, 0.15) is 57.6 Å². The molecule has 1 N–H and O–H groups in total. The number of aryl methyl sites for hydroxylation is 2. The molecule has 0 aliphatic heterocycles. The highest BCUT2D eigenvalue weighted by atomic mass is 32.1. The number of esters is 1. The van der Waals surface area contributed by atoms with Crippen molar-refractivity contribution in [1.82, 2.24) is 30.6 Å². The van der Waals surface area contributed by atoms with E-state index in [1.807, 2.05) is 30.5 Å². The van der Waals surface area contributed by atoms with Gasteiger partial charge in [0.05, 0.1) is 23.2 Å². The Morgan fingerprint density at radius 1 is 1.02 bits per heavy atom. The Morgan fingerprint density at radius 3 is 2.55 bits per heavy atom. The number of ether oxygens (including phenoxy) is 2. The van der Waals surface area contributed by atoms with Gasteiger partial charge in [0.1, 0.15) is 12.4 Å². The Hall–Kier alpha value is -4.44. The lowest BCUT2D eigenvalue weighted by molar-refractivity contribution is 0.0598. The number of aromatic amines is 1. The van der Waals surface area contributed by atoms with Crippen LogP contribution in [0.3, 0.4) is 0 Å². The summed E-state index contributed by atoms with van der Waals surface area (Å²) in [5, 5.41) is 16.2. The quantitative estimate of drug-likeness (QED) is 0.198. The summed E-state index contributed by atoms with van der Waals surface area (Å²) in [4.78, 5) is 22.4. The first-order valence-corrected chi connectivity index (χ1v) is 14.0. The van der Waals surface area contributed by atoms with Crippen molar-refractivity contribution in [3.05, 3.63) is 93.1 Å². The molecule has 40 heavy (non-hydrogen) atoms. The Bertz CT molecular complexity index is 1580. The van der Waals surface area contributed by atoms with Gasteiger partial charge in [0.15, 0.2) is 5.82 Å². The lowest BCUT2D eigenvalue weighted by Gasteiger charge is -2.16. The predicted molar refractivity (Wildman–Crippen MR) is 153 cm³/mol. The molecule has 204 valence electrons. The van der Waals surface area contributed by atoms with Gasteiger partial charge in [-0.25, -0.2) is 14.9 Å². The van der Waals surface area contributed by atoms with E-state index >= 15 is 0 Å². The SMILES string of the molecule is CCCCc1nc(C)nc(OCc2sccc2C(=O)OC)c1Cc1ccc(-c2ccccc2-c2nnn[nH]2)cc1. The van der Waals surface area contributed by atoms with Crippen LogP contribution in [0.25, 0.3) is 22.5 Å². The highest BCUT2D eigenvalue weighted by Gasteiger charge is 2.19. The number of nitrogens with zero attached hydrogens (tertiary/aromatic N) is 5. The molecule has 9 nitrogen and oxygen atoms in total. The Labute approximate surface area is 236 Å². The molecule has 5 rings (SSSR count). The van der Waals surface area contributed by atoms with Crippen molar-refractivity contribution >= 4 is 17.3 Å². The first-order chi connectivity index (χ1) is 19.6. The fourth-order valence-electron chi connectivity index (χ4n) is 4.57. The Balaban J connectivity index is 1.43. The van der Waals surface area contributed by atoms with Gasteiger partial charge >= 0.3 is 5.97 Å². The molecule has 10 heteroatoms. The molecule has 0 amide bonds. The van der Waals surface area contributed by atoms with Crippen LogP contribution < -0.4 is 4.74 Å². The molecule has 0 aliphatic rings. The largest absolute Gasteiger partial charge is 0.472 e. The minimum absolute atomic E-state index is 0.227. The zero-order valence-corrected chi connectivity index (χ0v) is 23.5. The number of nitrogens with one attached hydrogen (secondary N) is 1. The van der Waals surface area contributed by atoms with Crippen molar-refractivity contribution in [3.8, 4) is 28.4 Å². The first-order valence-electron chi connectivity index (χ1n) is 13.1. The van der Waals surface area contributed by atoms with E-state index in [9.17, 15) is 4.79 Å². The van der Waals surface area contributed by atoms with Crippen molar-refractivity contribution in [1.29, 1.82) is 0 Å². The molecule has 0 fully saturated rings. The summed E-state index contributed by atoms with van der Waals surface area (Å²) in [6.45, 7) is 4.28. The molecule has 0 radical (unpaired) electrons. The van der Waals surface area contributed by atoms with E-state index < -0.39 is 0 Å². The number of hydrogen-bond acceptors (Lipinski definition) is 9. The number of unbranched alkanes of at least 4 members (excludes halogenated alkanes) is 1. The van der Waals surface area contributed by atoms with Crippen LogP contribution in [0.5, 0.6) is 5.88 Å². The van der Waals surface area contributed by atoms with Gasteiger partial charge in [-0.2, -0.15) is 4.98 Å². The normalized spacial score (nSPS) is 11.0. The molecule has 0 atom stereocenters. The third-order valence-corrected chi connectivity index (χ3v) is 7.49. The van der Waals surface area contributed by atoms with Crippen LogP contribution in [0.2, 0.25) is 0 Å². The van der Waals surface area contributed by atoms with Crippen molar-refractivity contribution in [3.63, 3.8) is 0 Å². The number of thiophene rings is 1. The lowest BCUT2D eigenvalue weighted by atomic mass is 9.96. The number of tetrazole rings is 1. The second-order valence-electron chi connectivity index (χ2n) is 9.31. The van der Waals surface area contributed by atoms with E-state index in [0.717, 1.165) is 57.7 Å². The topological polar surface area (TPSA) is 116 Å². The average molecular weight is 555 g/mol. The summed E-state index contributed by atoms with van der Waals surface area (Å²) < 4.78 is 11.2. The maximum atomic E-state index is 12.2. The number of aromatic nitrogens is 6. The van der Waals surface area contributed by atoms with E-state index in [1.54, 1.807) is 6.07 Å².